The monoisotopic (exact) mass is 292 g/mol. The standard InChI is InChI=1S/C17H21FOS/c1-11-9-13(18)6-5-12(11)10-14(19)15-7-8-16(20-15)17(2,3)4/h5-9,14,19H,10H2,1-4H3. The van der Waals surface area contributed by atoms with Gasteiger partial charge in [-0.3, -0.25) is 0 Å². The third-order valence-corrected chi connectivity index (χ3v) is 5.02. The molecule has 0 bridgehead atoms. The second-order valence-corrected chi connectivity index (χ2v) is 7.36. The molecule has 1 N–H and O–H groups in total. The Morgan fingerprint density at radius 3 is 2.45 bits per heavy atom. The van der Waals surface area contributed by atoms with Crippen LogP contribution in [0.5, 0.6) is 0 Å². The van der Waals surface area contributed by atoms with Gasteiger partial charge in [0.05, 0.1) is 6.10 Å². The Morgan fingerprint density at radius 2 is 1.90 bits per heavy atom. The normalized spacial score (nSPS) is 13.5. The maximum absolute atomic E-state index is 13.1. The van der Waals surface area contributed by atoms with E-state index < -0.39 is 6.10 Å². The number of benzene rings is 1. The topological polar surface area (TPSA) is 20.2 Å². The van der Waals surface area contributed by atoms with Gasteiger partial charge < -0.3 is 5.11 Å². The van der Waals surface area contributed by atoms with Gasteiger partial charge in [-0.05, 0) is 47.7 Å². The zero-order valence-electron chi connectivity index (χ0n) is 12.4. The molecule has 0 aliphatic heterocycles. The van der Waals surface area contributed by atoms with Crippen LogP contribution in [0.4, 0.5) is 4.39 Å². The second kappa shape index (κ2) is 5.66. The first kappa shape index (κ1) is 15.2. The van der Waals surface area contributed by atoms with Gasteiger partial charge in [-0.15, -0.1) is 11.3 Å². The van der Waals surface area contributed by atoms with E-state index in [0.29, 0.717) is 6.42 Å². The molecule has 108 valence electrons. The summed E-state index contributed by atoms with van der Waals surface area (Å²) in [6, 6.07) is 8.79. The molecule has 2 aromatic rings. The summed E-state index contributed by atoms with van der Waals surface area (Å²) in [7, 11) is 0. The fourth-order valence-corrected chi connectivity index (χ4v) is 3.18. The molecule has 0 aliphatic rings. The van der Waals surface area contributed by atoms with Crippen LogP contribution in [0.2, 0.25) is 0 Å². The fourth-order valence-electron chi connectivity index (χ4n) is 2.13. The Morgan fingerprint density at radius 1 is 1.20 bits per heavy atom. The number of thiophene rings is 1. The van der Waals surface area contributed by atoms with Crippen molar-refractivity contribution in [2.75, 3.05) is 0 Å². The van der Waals surface area contributed by atoms with Crippen molar-refractivity contribution in [3.8, 4) is 0 Å². The molecule has 0 fully saturated rings. The molecular formula is C17H21FOS. The minimum Gasteiger partial charge on any atom is -0.387 e. The molecule has 0 saturated carbocycles. The first-order valence-corrected chi connectivity index (χ1v) is 7.62. The molecule has 1 heterocycles. The molecular weight excluding hydrogens is 271 g/mol. The van der Waals surface area contributed by atoms with Crippen LogP contribution in [-0.4, -0.2) is 5.11 Å². The van der Waals surface area contributed by atoms with Gasteiger partial charge in [0.2, 0.25) is 0 Å². The lowest BCUT2D eigenvalue weighted by Gasteiger charge is -2.16. The maximum atomic E-state index is 13.1. The van der Waals surface area contributed by atoms with Crippen LogP contribution in [-0.2, 0) is 11.8 Å². The molecule has 1 aromatic heterocycles. The fraction of sp³-hybridized carbons (Fsp3) is 0.412. The van der Waals surface area contributed by atoms with Gasteiger partial charge >= 0.3 is 0 Å². The molecule has 2 rings (SSSR count). The number of aryl methyl sites for hydroxylation is 1. The number of hydrogen-bond donors (Lipinski definition) is 1. The highest BCUT2D eigenvalue weighted by Gasteiger charge is 2.19. The number of aliphatic hydroxyl groups is 1. The van der Waals surface area contributed by atoms with Crippen LogP contribution >= 0.6 is 11.3 Å². The molecule has 1 nitrogen and oxygen atoms in total. The summed E-state index contributed by atoms with van der Waals surface area (Å²) in [5.74, 6) is -0.230. The van der Waals surface area contributed by atoms with Gasteiger partial charge in [-0.25, -0.2) is 4.39 Å². The SMILES string of the molecule is Cc1cc(F)ccc1CC(O)c1ccc(C(C)(C)C)s1. The van der Waals surface area contributed by atoms with Crippen LogP contribution < -0.4 is 0 Å². The van der Waals surface area contributed by atoms with E-state index in [-0.39, 0.29) is 11.2 Å². The summed E-state index contributed by atoms with van der Waals surface area (Å²) < 4.78 is 13.1. The Hall–Kier alpha value is -1.19. The van der Waals surface area contributed by atoms with Crippen LogP contribution in [0.25, 0.3) is 0 Å². The highest BCUT2D eigenvalue weighted by Crippen LogP contribution is 2.33. The van der Waals surface area contributed by atoms with Crippen molar-refractivity contribution in [2.45, 2.75) is 45.6 Å². The first-order valence-electron chi connectivity index (χ1n) is 6.80. The smallest absolute Gasteiger partial charge is 0.123 e. The van der Waals surface area contributed by atoms with E-state index >= 15 is 0 Å². The van der Waals surface area contributed by atoms with Crippen molar-refractivity contribution in [1.29, 1.82) is 0 Å². The summed E-state index contributed by atoms with van der Waals surface area (Å²) in [6.07, 6.45) is -0.00352. The zero-order chi connectivity index (χ0) is 14.9. The van der Waals surface area contributed by atoms with Crippen molar-refractivity contribution in [3.63, 3.8) is 0 Å². The quantitative estimate of drug-likeness (QED) is 0.864. The summed E-state index contributed by atoms with van der Waals surface area (Å²) in [5, 5.41) is 10.4. The number of hydrogen-bond acceptors (Lipinski definition) is 2. The highest BCUT2D eigenvalue weighted by molar-refractivity contribution is 7.12. The molecule has 3 heteroatoms. The number of rotatable bonds is 3. The lowest BCUT2D eigenvalue weighted by molar-refractivity contribution is 0.182. The van der Waals surface area contributed by atoms with E-state index in [9.17, 15) is 9.50 Å². The predicted molar refractivity (Wildman–Crippen MR) is 82.8 cm³/mol. The summed E-state index contributed by atoms with van der Waals surface area (Å²) >= 11 is 1.65. The summed E-state index contributed by atoms with van der Waals surface area (Å²) in [6.45, 7) is 8.37. The van der Waals surface area contributed by atoms with Crippen LogP contribution in [0, 0.1) is 12.7 Å². The van der Waals surface area contributed by atoms with Gasteiger partial charge in [0, 0.05) is 16.2 Å². The van der Waals surface area contributed by atoms with Crippen molar-refractivity contribution >= 4 is 11.3 Å². The van der Waals surface area contributed by atoms with Crippen molar-refractivity contribution < 1.29 is 9.50 Å². The maximum Gasteiger partial charge on any atom is 0.123 e. The molecule has 0 amide bonds. The van der Waals surface area contributed by atoms with E-state index in [2.05, 4.69) is 26.8 Å². The Bertz CT molecular complexity index is 595. The van der Waals surface area contributed by atoms with Crippen LogP contribution in [0.3, 0.4) is 0 Å². The molecule has 1 aromatic carbocycles. The molecule has 0 radical (unpaired) electrons. The number of aliphatic hydroxyl groups excluding tert-OH is 1. The van der Waals surface area contributed by atoms with Crippen LogP contribution in [0.15, 0.2) is 30.3 Å². The number of halogens is 1. The summed E-state index contributed by atoms with van der Waals surface area (Å²) in [4.78, 5) is 2.24. The lowest BCUT2D eigenvalue weighted by atomic mass is 9.95. The third-order valence-electron chi connectivity index (χ3n) is 3.41. The molecule has 1 atom stereocenters. The highest BCUT2D eigenvalue weighted by atomic mass is 32.1. The molecule has 0 saturated heterocycles. The van der Waals surface area contributed by atoms with Crippen molar-refractivity contribution in [1.82, 2.24) is 0 Å². The Labute approximate surface area is 124 Å². The largest absolute Gasteiger partial charge is 0.387 e. The molecule has 1 unspecified atom stereocenters. The van der Waals surface area contributed by atoms with Crippen molar-refractivity contribution in [3.05, 3.63) is 57.0 Å². The van der Waals surface area contributed by atoms with Gasteiger partial charge in [0.15, 0.2) is 0 Å². The van der Waals surface area contributed by atoms with Crippen LogP contribution in [0.1, 0.15) is 47.8 Å². The Kier molecular flexibility index (Phi) is 4.31. The molecule has 0 spiro atoms. The van der Waals surface area contributed by atoms with E-state index in [1.54, 1.807) is 17.4 Å². The average Bonchev–Trinajstić information content (AvgIpc) is 2.82. The van der Waals surface area contributed by atoms with Gasteiger partial charge in [0.1, 0.15) is 5.82 Å². The van der Waals surface area contributed by atoms with Crippen molar-refractivity contribution in [2.24, 2.45) is 0 Å². The van der Waals surface area contributed by atoms with E-state index in [1.165, 1.54) is 17.0 Å². The third kappa shape index (κ3) is 3.47. The van der Waals surface area contributed by atoms with E-state index in [0.717, 1.165) is 16.0 Å². The lowest BCUT2D eigenvalue weighted by Crippen LogP contribution is -2.08. The average molecular weight is 292 g/mol. The van der Waals surface area contributed by atoms with Gasteiger partial charge in [-0.1, -0.05) is 26.8 Å². The minimum atomic E-state index is -0.528. The second-order valence-electron chi connectivity index (χ2n) is 6.24. The molecule has 20 heavy (non-hydrogen) atoms. The predicted octanol–water partition coefficient (Wildman–Crippen LogP) is 4.77. The molecule has 0 aliphatic carbocycles. The van der Waals surface area contributed by atoms with E-state index in [1.807, 2.05) is 13.0 Å². The summed E-state index contributed by atoms with van der Waals surface area (Å²) in [5.41, 5.74) is 1.98. The zero-order valence-corrected chi connectivity index (χ0v) is 13.2. The van der Waals surface area contributed by atoms with Gasteiger partial charge in [0.25, 0.3) is 0 Å². The Balaban J connectivity index is 2.16. The van der Waals surface area contributed by atoms with Gasteiger partial charge in [-0.2, -0.15) is 0 Å². The van der Waals surface area contributed by atoms with E-state index in [4.69, 9.17) is 0 Å². The minimum absolute atomic E-state index is 0.106. The first-order chi connectivity index (χ1) is 9.27.